The molecular formula is C18H27ClTi. The number of rotatable bonds is 8. The summed E-state index contributed by atoms with van der Waals surface area (Å²) in [5.41, 5.74) is 3.44. The first-order valence-electron chi connectivity index (χ1n) is 7.85. The average Bonchev–Trinajstić information content (AvgIpc) is 3.04. The van der Waals surface area contributed by atoms with Gasteiger partial charge >= 0.3 is 128 Å². The van der Waals surface area contributed by atoms with E-state index in [-0.39, 0.29) is 31.6 Å². The Balaban J connectivity index is 0.00000200. The van der Waals surface area contributed by atoms with Gasteiger partial charge in [-0.3, -0.25) is 0 Å². The fourth-order valence-electron chi connectivity index (χ4n) is 2.79. The van der Waals surface area contributed by atoms with Gasteiger partial charge in [-0.05, 0) is 0 Å². The van der Waals surface area contributed by atoms with Crippen LogP contribution in [0.2, 0.25) is 8.45 Å². The van der Waals surface area contributed by atoms with Crippen LogP contribution in [0, 0.1) is 0 Å². The molecule has 2 aliphatic carbocycles. The normalized spacial score (nSPS) is 23.5. The van der Waals surface area contributed by atoms with Crippen LogP contribution in [0.15, 0.2) is 47.6 Å². The van der Waals surface area contributed by atoms with E-state index in [0.29, 0.717) is 0 Å². The minimum Gasteiger partial charge on any atom is -0.147 e. The Morgan fingerprint density at radius 1 is 0.850 bits per heavy atom. The summed E-state index contributed by atoms with van der Waals surface area (Å²) in [6, 6.07) is 0. The van der Waals surface area contributed by atoms with E-state index in [0.717, 1.165) is 8.45 Å². The number of hydrogen-bond donors (Lipinski definition) is 0. The quantitative estimate of drug-likeness (QED) is 0.450. The molecule has 0 aliphatic heterocycles. The van der Waals surface area contributed by atoms with E-state index in [1.54, 1.807) is 11.1 Å². The molecule has 0 amide bonds. The first-order valence-corrected chi connectivity index (χ1v) is 9.66. The Kier molecular flexibility index (Phi) is 8.85. The van der Waals surface area contributed by atoms with Crippen LogP contribution < -0.4 is 0 Å². The number of allylic oxidation sites excluding steroid dienone is 8. The van der Waals surface area contributed by atoms with Crippen LogP contribution in [-0.2, 0) is 19.2 Å². The summed E-state index contributed by atoms with van der Waals surface area (Å²) >= 11 is 0.0419. The molecule has 0 saturated heterocycles. The minimum atomic E-state index is 0. The maximum absolute atomic E-state index is 2.47. The SMILES string of the molecule is CCCCC1=CC=C[CH]1[Ti][CH]1C=CC=C1CCCC.Cl. The van der Waals surface area contributed by atoms with Gasteiger partial charge in [-0.25, -0.2) is 0 Å². The van der Waals surface area contributed by atoms with Crippen LogP contribution in [0.1, 0.15) is 52.4 Å². The van der Waals surface area contributed by atoms with Crippen LogP contribution in [0.5, 0.6) is 0 Å². The van der Waals surface area contributed by atoms with E-state index >= 15 is 0 Å². The molecule has 0 nitrogen and oxygen atoms in total. The molecule has 0 aromatic rings. The second kappa shape index (κ2) is 9.82. The minimum absolute atomic E-state index is 0. The van der Waals surface area contributed by atoms with Crippen LogP contribution in [-0.4, -0.2) is 0 Å². The topological polar surface area (TPSA) is 0 Å². The Labute approximate surface area is 139 Å². The molecule has 2 aliphatic rings. The van der Waals surface area contributed by atoms with E-state index in [1.165, 1.54) is 38.5 Å². The summed E-state index contributed by atoms with van der Waals surface area (Å²) in [6.45, 7) is 4.58. The molecule has 0 fully saturated rings. The van der Waals surface area contributed by atoms with Gasteiger partial charge < -0.3 is 0 Å². The van der Waals surface area contributed by atoms with Crippen LogP contribution in [0.3, 0.4) is 0 Å². The van der Waals surface area contributed by atoms with Crippen molar-refractivity contribution in [2.24, 2.45) is 0 Å². The van der Waals surface area contributed by atoms with E-state index < -0.39 is 0 Å². The summed E-state index contributed by atoms with van der Waals surface area (Å²) in [7, 11) is 0. The molecular weight excluding hydrogens is 300 g/mol. The smallest absolute Gasteiger partial charge is 0.147 e. The van der Waals surface area contributed by atoms with E-state index in [4.69, 9.17) is 0 Å². The fraction of sp³-hybridized carbons (Fsp3) is 0.556. The molecule has 110 valence electrons. The van der Waals surface area contributed by atoms with Crippen molar-refractivity contribution in [1.29, 1.82) is 0 Å². The van der Waals surface area contributed by atoms with Gasteiger partial charge in [0.1, 0.15) is 0 Å². The monoisotopic (exact) mass is 326 g/mol. The number of unbranched alkanes of at least 4 members (excludes halogenated alkanes) is 2. The molecule has 0 N–H and O–H groups in total. The predicted octanol–water partition coefficient (Wildman–Crippen LogP) is 6.44. The van der Waals surface area contributed by atoms with Crippen LogP contribution in [0.4, 0.5) is 0 Å². The first-order chi connectivity index (χ1) is 9.35. The van der Waals surface area contributed by atoms with Gasteiger partial charge in [0, 0.05) is 0 Å². The van der Waals surface area contributed by atoms with Crippen molar-refractivity contribution in [3.8, 4) is 0 Å². The second-order valence-corrected chi connectivity index (χ2v) is 8.05. The zero-order valence-electron chi connectivity index (χ0n) is 12.8. The van der Waals surface area contributed by atoms with Crippen LogP contribution >= 0.6 is 12.4 Å². The first kappa shape index (κ1) is 18.0. The molecule has 2 rings (SSSR count). The maximum atomic E-state index is 2.47. The van der Waals surface area contributed by atoms with Gasteiger partial charge in [0.15, 0.2) is 0 Å². The zero-order valence-corrected chi connectivity index (χ0v) is 15.1. The average molecular weight is 327 g/mol. The summed E-state index contributed by atoms with van der Waals surface area (Å²) in [6.07, 6.45) is 22.3. The summed E-state index contributed by atoms with van der Waals surface area (Å²) in [5, 5.41) is 0. The molecule has 0 radical (unpaired) electrons. The van der Waals surface area contributed by atoms with Crippen molar-refractivity contribution in [2.75, 3.05) is 0 Å². The van der Waals surface area contributed by atoms with Gasteiger partial charge in [-0.1, -0.05) is 0 Å². The number of hydrogen-bond acceptors (Lipinski definition) is 0. The fourth-order valence-corrected chi connectivity index (χ4v) is 5.51. The predicted molar refractivity (Wildman–Crippen MR) is 88.2 cm³/mol. The summed E-state index contributed by atoms with van der Waals surface area (Å²) < 4.78 is 1.65. The Morgan fingerprint density at radius 3 is 1.70 bits per heavy atom. The Hall–Kier alpha value is -0.0357. The molecule has 2 atom stereocenters. The molecule has 0 spiro atoms. The summed E-state index contributed by atoms with van der Waals surface area (Å²) in [4.78, 5) is 0. The second-order valence-electron chi connectivity index (χ2n) is 5.58. The zero-order chi connectivity index (χ0) is 13.5. The van der Waals surface area contributed by atoms with Gasteiger partial charge in [0.2, 0.25) is 0 Å². The summed E-state index contributed by atoms with van der Waals surface area (Å²) in [5.74, 6) is 0. The van der Waals surface area contributed by atoms with Gasteiger partial charge in [0.25, 0.3) is 0 Å². The molecule has 0 aromatic carbocycles. The number of halogens is 1. The third-order valence-electron chi connectivity index (χ3n) is 4.02. The Bertz CT molecular complexity index is 366. The van der Waals surface area contributed by atoms with E-state index in [9.17, 15) is 0 Å². The van der Waals surface area contributed by atoms with Crippen molar-refractivity contribution in [3.05, 3.63) is 47.6 Å². The largest absolute Gasteiger partial charge is 0.147 e. The standard InChI is InChI=1S/2C9H13.ClH.Ti/c2*1-2-3-6-9-7-4-5-8-9;;/h2*4-5,7-8H,2-3,6H2,1H3;1H;. The van der Waals surface area contributed by atoms with Crippen LogP contribution in [0.25, 0.3) is 0 Å². The molecule has 0 bridgehead atoms. The van der Waals surface area contributed by atoms with Crippen molar-refractivity contribution in [2.45, 2.75) is 60.8 Å². The van der Waals surface area contributed by atoms with E-state index in [2.05, 4.69) is 50.3 Å². The van der Waals surface area contributed by atoms with Gasteiger partial charge in [0.05, 0.1) is 0 Å². The van der Waals surface area contributed by atoms with Crippen molar-refractivity contribution < 1.29 is 19.2 Å². The molecule has 2 unspecified atom stereocenters. The van der Waals surface area contributed by atoms with Crippen molar-refractivity contribution in [3.63, 3.8) is 0 Å². The third-order valence-corrected chi connectivity index (χ3v) is 6.90. The maximum Gasteiger partial charge on any atom is -0.147 e. The third kappa shape index (κ3) is 5.06. The Morgan fingerprint density at radius 2 is 1.30 bits per heavy atom. The van der Waals surface area contributed by atoms with Gasteiger partial charge in [-0.15, -0.1) is 12.4 Å². The molecule has 0 heterocycles. The molecule has 0 saturated carbocycles. The van der Waals surface area contributed by atoms with Crippen molar-refractivity contribution in [1.82, 2.24) is 0 Å². The molecule has 0 aromatic heterocycles. The van der Waals surface area contributed by atoms with Crippen molar-refractivity contribution >= 4 is 12.4 Å². The van der Waals surface area contributed by atoms with Gasteiger partial charge in [-0.2, -0.15) is 0 Å². The molecule has 20 heavy (non-hydrogen) atoms. The van der Waals surface area contributed by atoms with E-state index in [1.807, 2.05) is 0 Å². The molecule has 2 heteroatoms.